The first-order valence-corrected chi connectivity index (χ1v) is 12.6. The second-order valence-electron chi connectivity index (χ2n) is 8.92. The Kier molecular flexibility index (Phi) is 6.04. The molecule has 0 bridgehead atoms. The van der Waals surface area contributed by atoms with Gasteiger partial charge in [-0.3, -0.25) is 4.98 Å². The fraction of sp³-hybridized carbons (Fsp3) is 0.214. The molecule has 4 aromatic rings. The van der Waals surface area contributed by atoms with Gasteiger partial charge in [-0.2, -0.15) is 0 Å². The predicted molar refractivity (Wildman–Crippen MR) is 147 cm³/mol. The quantitative estimate of drug-likeness (QED) is 0.286. The van der Waals surface area contributed by atoms with Gasteiger partial charge in [0.1, 0.15) is 0 Å². The molecule has 0 aliphatic carbocycles. The number of rotatable bonds is 4. The normalized spacial score (nSPS) is 17.8. The van der Waals surface area contributed by atoms with Crippen molar-refractivity contribution >= 4 is 38.9 Å². The maximum atomic E-state index is 5.89. The summed E-state index contributed by atoms with van der Waals surface area (Å²) in [5, 5.41) is 4.28. The van der Waals surface area contributed by atoms with Crippen molar-refractivity contribution < 1.29 is 0 Å². The average molecular weight is 532 g/mol. The van der Waals surface area contributed by atoms with Gasteiger partial charge in [-0.15, -0.1) is 0 Å². The van der Waals surface area contributed by atoms with Crippen LogP contribution in [-0.4, -0.2) is 14.7 Å². The third-order valence-electron chi connectivity index (χ3n) is 6.60. The lowest BCUT2D eigenvalue weighted by Crippen LogP contribution is -2.29. The van der Waals surface area contributed by atoms with Crippen molar-refractivity contribution in [3.8, 4) is 5.69 Å². The number of hydrogen-bond donors (Lipinski definition) is 1. The minimum absolute atomic E-state index is 0.0337. The van der Waals surface area contributed by atoms with Gasteiger partial charge in [-0.25, -0.2) is 0 Å². The number of halogens is 1. The first-order chi connectivity index (χ1) is 16.3. The Balaban J connectivity index is 1.70. The van der Waals surface area contributed by atoms with Gasteiger partial charge in [0, 0.05) is 33.4 Å². The molecule has 0 amide bonds. The molecule has 5 rings (SSSR count). The summed E-state index contributed by atoms with van der Waals surface area (Å²) in [4.78, 5) is 6.93. The monoisotopic (exact) mass is 530 g/mol. The molecule has 172 valence electrons. The maximum Gasteiger partial charge on any atom is 0.174 e. The van der Waals surface area contributed by atoms with Gasteiger partial charge in [0.25, 0.3) is 0 Å². The third-order valence-corrected chi connectivity index (χ3v) is 7.44. The Hall–Kier alpha value is -2.96. The molecule has 2 aromatic carbocycles. The molecule has 1 aliphatic heterocycles. The van der Waals surface area contributed by atoms with Crippen LogP contribution in [0.2, 0.25) is 0 Å². The van der Waals surface area contributed by atoms with Gasteiger partial charge >= 0.3 is 0 Å². The van der Waals surface area contributed by atoms with E-state index < -0.39 is 0 Å². The van der Waals surface area contributed by atoms with Crippen LogP contribution in [-0.2, 0) is 0 Å². The molecule has 1 saturated heterocycles. The van der Waals surface area contributed by atoms with Crippen molar-refractivity contribution in [2.24, 2.45) is 0 Å². The smallest absolute Gasteiger partial charge is 0.174 e. The van der Waals surface area contributed by atoms with Crippen LogP contribution in [0.5, 0.6) is 0 Å². The van der Waals surface area contributed by atoms with E-state index in [1.165, 1.54) is 33.8 Å². The number of aryl methyl sites for hydroxylation is 3. The van der Waals surface area contributed by atoms with Gasteiger partial charge in [-0.05, 0) is 105 Å². The highest BCUT2D eigenvalue weighted by Crippen LogP contribution is 2.44. The Labute approximate surface area is 214 Å². The zero-order valence-electron chi connectivity index (χ0n) is 19.7. The Morgan fingerprint density at radius 2 is 1.71 bits per heavy atom. The van der Waals surface area contributed by atoms with E-state index in [-0.39, 0.29) is 12.1 Å². The number of nitrogens with zero attached hydrogens (tertiary/aromatic N) is 3. The van der Waals surface area contributed by atoms with Crippen molar-refractivity contribution in [1.82, 2.24) is 14.9 Å². The number of anilines is 1. The number of hydrogen-bond acceptors (Lipinski definition) is 2. The third kappa shape index (κ3) is 3.95. The summed E-state index contributed by atoms with van der Waals surface area (Å²) < 4.78 is 3.41. The Bertz CT molecular complexity index is 1360. The summed E-state index contributed by atoms with van der Waals surface area (Å²) in [6.45, 7) is 8.70. The molecule has 1 fully saturated rings. The van der Waals surface area contributed by atoms with Crippen LogP contribution in [0.25, 0.3) is 5.69 Å². The van der Waals surface area contributed by atoms with Gasteiger partial charge in [0.2, 0.25) is 0 Å². The van der Waals surface area contributed by atoms with Gasteiger partial charge < -0.3 is 14.8 Å². The fourth-order valence-electron chi connectivity index (χ4n) is 4.97. The summed E-state index contributed by atoms with van der Waals surface area (Å²) in [5.74, 6) is 0. The molecule has 0 spiro atoms. The highest BCUT2D eigenvalue weighted by molar-refractivity contribution is 9.10. The topological polar surface area (TPSA) is 33.1 Å². The van der Waals surface area contributed by atoms with Gasteiger partial charge in [-0.1, -0.05) is 34.1 Å². The van der Waals surface area contributed by atoms with Crippen LogP contribution in [0.3, 0.4) is 0 Å². The lowest BCUT2D eigenvalue weighted by atomic mass is 9.96. The van der Waals surface area contributed by atoms with E-state index in [4.69, 9.17) is 17.2 Å². The molecule has 2 atom stereocenters. The van der Waals surface area contributed by atoms with Crippen LogP contribution in [0.15, 0.2) is 77.4 Å². The van der Waals surface area contributed by atoms with Crippen molar-refractivity contribution in [3.05, 3.63) is 111 Å². The Morgan fingerprint density at radius 3 is 2.41 bits per heavy atom. The van der Waals surface area contributed by atoms with Crippen LogP contribution in [0, 0.1) is 27.7 Å². The molecular weight excluding hydrogens is 504 g/mol. The summed E-state index contributed by atoms with van der Waals surface area (Å²) in [6, 6.07) is 23.2. The SMILES string of the molecule is Cc1ccc(C)c(-n2c(C)cc([C@@H]3[C@H](c4ccccn4)NC(=S)N3c3ccc(Br)cc3)c2C)c1. The van der Waals surface area contributed by atoms with Crippen LogP contribution >= 0.6 is 28.1 Å². The van der Waals surface area contributed by atoms with Crippen molar-refractivity contribution in [1.29, 1.82) is 0 Å². The van der Waals surface area contributed by atoms with Crippen LogP contribution in [0.4, 0.5) is 5.69 Å². The minimum atomic E-state index is -0.0649. The van der Waals surface area contributed by atoms with E-state index >= 15 is 0 Å². The second kappa shape index (κ2) is 9.01. The van der Waals surface area contributed by atoms with Gasteiger partial charge in [0.05, 0.1) is 17.8 Å². The molecular formula is C28H27BrN4S. The molecule has 4 nitrogen and oxygen atoms in total. The molecule has 2 aromatic heterocycles. The van der Waals surface area contributed by atoms with E-state index in [2.05, 4.69) is 113 Å². The number of benzene rings is 2. The predicted octanol–water partition coefficient (Wildman–Crippen LogP) is 7.05. The molecule has 6 heteroatoms. The van der Waals surface area contributed by atoms with Crippen molar-refractivity contribution in [2.75, 3.05) is 4.90 Å². The number of aromatic nitrogens is 2. The summed E-state index contributed by atoms with van der Waals surface area (Å²) in [5.41, 5.74) is 9.42. The maximum absolute atomic E-state index is 5.89. The first-order valence-electron chi connectivity index (χ1n) is 11.4. The highest BCUT2D eigenvalue weighted by atomic mass is 79.9. The molecule has 0 saturated carbocycles. The standard InChI is InChI=1S/C28H27BrN4S/c1-17-8-9-18(2)25(15-17)32-19(3)16-23(20(32)4)27-26(24-7-5-6-14-30-24)31-28(34)33(27)22-12-10-21(29)11-13-22/h5-16,26-27H,1-4H3,(H,31,34)/t26-,27+/m0/s1. The molecule has 0 radical (unpaired) electrons. The summed E-state index contributed by atoms with van der Waals surface area (Å²) >= 11 is 9.45. The van der Waals surface area contributed by atoms with E-state index in [0.29, 0.717) is 5.11 Å². The lowest BCUT2D eigenvalue weighted by molar-refractivity contribution is 0.565. The van der Waals surface area contributed by atoms with Gasteiger partial charge in [0.15, 0.2) is 5.11 Å². The highest BCUT2D eigenvalue weighted by Gasteiger charge is 2.42. The summed E-state index contributed by atoms with van der Waals surface area (Å²) in [6.07, 6.45) is 1.85. The first kappa shape index (κ1) is 22.8. The largest absolute Gasteiger partial charge is 0.351 e. The zero-order chi connectivity index (χ0) is 24.0. The number of pyridine rings is 1. The number of nitrogens with one attached hydrogen (secondary N) is 1. The van der Waals surface area contributed by atoms with Crippen LogP contribution < -0.4 is 10.2 Å². The molecule has 1 aliphatic rings. The van der Waals surface area contributed by atoms with Crippen LogP contribution in [0.1, 0.15) is 45.9 Å². The molecule has 34 heavy (non-hydrogen) atoms. The van der Waals surface area contributed by atoms with E-state index in [1.807, 2.05) is 18.3 Å². The molecule has 3 heterocycles. The minimum Gasteiger partial charge on any atom is -0.351 e. The fourth-order valence-corrected chi connectivity index (χ4v) is 5.58. The van der Waals surface area contributed by atoms with E-state index in [9.17, 15) is 0 Å². The Morgan fingerprint density at radius 1 is 0.941 bits per heavy atom. The average Bonchev–Trinajstić information content (AvgIpc) is 3.32. The molecule has 0 unspecified atom stereocenters. The summed E-state index contributed by atoms with van der Waals surface area (Å²) in [7, 11) is 0. The van der Waals surface area contributed by atoms with E-state index in [1.54, 1.807) is 0 Å². The lowest BCUT2D eigenvalue weighted by Gasteiger charge is -2.28. The molecule has 1 N–H and O–H groups in total. The zero-order valence-corrected chi connectivity index (χ0v) is 22.1. The number of thiocarbonyl (C=S) groups is 1. The van der Waals surface area contributed by atoms with Crippen molar-refractivity contribution in [3.63, 3.8) is 0 Å². The second-order valence-corrected chi connectivity index (χ2v) is 10.2. The van der Waals surface area contributed by atoms with Crippen molar-refractivity contribution in [2.45, 2.75) is 39.8 Å². The van der Waals surface area contributed by atoms with E-state index in [0.717, 1.165) is 15.9 Å².